The summed E-state index contributed by atoms with van der Waals surface area (Å²) < 4.78 is 1.90. The minimum absolute atomic E-state index is 0.133. The van der Waals surface area contributed by atoms with E-state index in [2.05, 4.69) is 35.2 Å². The highest BCUT2D eigenvalue weighted by atomic mass is 16.3. The quantitative estimate of drug-likeness (QED) is 0.768. The molecule has 2 heterocycles. The van der Waals surface area contributed by atoms with Gasteiger partial charge in [-0.25, -0.2) is 9.97 Å². The number of nitrogens with zero attached hydrogens (tertiary/aromatic N) is 3. The first-order valence-electron chi connectivity index (χ1n) is 6.90. The summed E-state index contributed by atoms with van der Waals surface area (Å²) in [6.07, 6.45) is 5.43. The van der Waals surface area contributed by atoms with Crippen molar-refractivity contribution in [1.82, 2.24) is 14.5 Å². The second-order valence-electron chi connectivity index (χ2n) is 5.04. The third kappa shape index (κ3) is 2.48. The maximum atomic E-state index is 9.02. The molecule has 0 aliphatic heterocycles. The normalized spacial score (nSPS) is 11.1. The van der Waals surface area contributed by atoms with Crippen molar-refractivity contribution in [2.75, 3.05) is 12.3 Å². The van der Waals surface area contributed by atoms with Gasteiger partial charge in [-0.1, -0.05) is 29.8 Å². The van der Waals surface area contributed by atoms with E-state index in [4.69, 9.17) is 10.8 Å². The molecule has 0 saturated carbocycles. The lowest BCUT2D eigenvalue weighted by atomic mass is 10.0. The van der Waals surface area contributed by atoms with Crippen molar-refractivity contribution in [1.29, 1.82) is 0 Å². The monoisotopic (exact) mass is 281 g/mol. The van der Waals surface area contributed by atoms with Gasteiger partial charge in [-0.15, -0.1) is 0 Å². The average molecular weight is 281 g/mol. The second-order valence-corrected chi connectivity index (χ2v) is 5.04. The Morgan fingerprint density at radius 3 is 2.71 bits per heavy atom. The van der Waals surface area contributed by atoms with Crippen LogP contribution < -0.4 is 5.73 Å². The predicted molar refractivity (Wildman–Crippen MR) is 82.7 cm³/mol. The molecule has 21 heavy (non-hydrogen) atoms. The van der Waals surface area contributed by atoms with Gasteiger partial charge in [0.15, 0.2) is 0 Å². The SMILES string of the molecule is Cc1ccc(-c2[c]n(CCCO)c3ncnc(N)c23)cc1. The van der Waals surface area contributed by atoms with Crippen LogP contribution in [0, 0.1) is 13.1 Å². The Hall–Kier alpha value is -2.40. The Labute approximate surface area is 123 Å². The molecule has 3 N–H and O–H groups in total. The number of fused-ring (bicyclic) bond motifs is 1. The predicted octanol–water partition coefficient (Wildman–Crippen LogP) is 2.17. The summed E-state index contributed by atoms with van der Waals surface area (Å²) in [7, 11) is 0. The fraction of sp³-hybridized carbons (Fsp3) is 0.250. The van der Waals surface area contributed by atoms with Crippen LogP contribution in [0.4, 0.5) is 5.82 Å². The molecule has 0 fully saturated rings. The van der Waals surface area contributed by atoms with Crippen LogP contribution in [-0.2, 0) is 6.54 Å². The molecule has 0 spiro atoms. The van der Waals surface area contributed by atoms with E-state index in [-0.39, 0.29) is 6.61 Å². The Morgan fingerprint density at radius 2 is 2.00 bits per heavy atom. The topological polar surface area (TPSA) is 77.0 Å². The van der Waals surface area contributed by atoms with Crippen LogP contribution in [0.2, 0.25) is 0 Å². The molecule has 0 unspecified atom stereocenters. The van der Waals surface area contributed by atoms with Gasteiger partial charge in [0.05, 0.1) is 11.6 Å². The molecule has 0 aliphatic rings. The number of rotatable bonds is 4. The summed E-state index contributed by atoms with van der Waals surface area (Å²) in [4.78, 5) is 8.41. The molecule has 0 amide bonds. The number of aryl methyl sites for hydroxylation is 2. The van der Waals surface area contributed by atoms with Crippen LogP contribution in [0.5, 0.6) is 0 Å². The van der Waals surface area contributed by atoms with E-state index < -0.39 is 0 Å². The van der Waals surface area contributed by atoms with E-state index in [0.717, 1.165) is 22.2 Å². The van der Waals surface area contributed by atoms with Crippen molar-refractivity contribution in [3.8, 4) is 11.1 Å². The van der Waals surface area contributed by atoms with Crippen LogP contribution in [0.15, 0.2) is 30.6 Å². The summed E-state index contributed by atoms with van der Waals surface area (Å²) in [5.41, 5.74) is 9.93. The standard InChI is InChI=1S/C16H17N4O/c1-11-3-5-12(6-4-11)13-9-20(7-2-8-21)16-14(13)15(17)18-10-19-16/h3-6,10,21H,2,7-8H2,1H3,(H2,17,18,19). The molecule has 5 heteroatoms. The number of hydrogen-bond acceptors (Lipinski definition) is 4. The van der Waals surface area contributed by atoms with Crippen LogP contribution in [0.3, 0.4) is 0 Å². The molecule has 0 aliphatic carbocycles. The molecule has 0 atom stereocenters. The van der Waals surface area contributed by atoms with E-state index in [0.29, 0.717) is 18.8 Å². The fourth-order valence-corrected chi connectivity index (χ4v) is 2.40. The Morgan fingerprint density at radius 1 is 1.24 bits per heavy atom. The maximum Gasteiger partial charge on any atom is 0.146 e. The smallest absolute Gasteiger partial charge is 0.146 e. The van der Waals surface area contributed by atoms with Gasteiger partial charge in [0.2, 0.25) is 0 Å². The van der Waals surface area contributed by atoms with Crippen molar-refractivity contribution < 1.29 is 5.11 Å². The van der Waals surface area contributed by atoms with Crippen LogP contribution in [0.1, 0.15) is 12.0 Å². The van der Waals surface area contributed by atoms with E-state index in [9.17, 15) is 0 Å². The number of aromatic nitrogens is 3. The van der Waals surface area contributed by atoms with Crippen molar-refractivity contribution in [3.63, 3.8) is 0 Å². The first kappa shape index (κ1) is 13.6. The number of aliphatic hydroxyl groups excluding tert-OH is 1. The molecule has 5 nitrogen and oxygen atoms in total. The number of anilines is 1. The van der Waals surface area contributed by atoms with Crippen LogP contribution in [0.25, 0.3) is 22.2 Å². The molecule has 3 aromatic rings. The number of benzene rings is 1. The third-order valence-electron chi connectivity index (χ3n) is 3.49. The third-order valence-corrected chi connectivity index (χ3v) is 3.49. The zero-order valence-corrected chi connectivity index (χ0v) is 11.9. The Balaban J connectivity index is 2.19. The molecule has 1 aromatic carbocycles. The maximum absolute atomic E-state index is 9.02. The highest BCUT2D eigenvalue weighted by molar-refractivity contribution is 6.00. The lowest BCUT2D eigenvalue weighted by Crippen LogP contribution is -2.01. The average Bonchev–Trinajstić information content (AvgIpc) is 2.86. The van der Waals surface area contributed by atoms with E-state index in [1.54, 1.807) is 0 Å². The van der Waals surface area contributed by atoms with E-state index in [1.807, 2.05) is 16.7 Å². The Bertz CT molecular complexity index is 762. The molecule has 3 rings (SSSR count). The van der Waals surface area contributed by atoms with Gasteiger partial charge in [0.1, 0.15) is 17.8 Å². The lowest BCUT2D eigenvalue weighted by Gasteiger charge is -2.02. The minimum atomic E-state index is 0.133. The summed E-state index contributed by atoms with van der Waals surface area (Å²) >= 11 is 0. The fourth-order valence-electron chi connectivity index (χ4n) is 2.40. The highest BCUT2D eigenvalue weighted by Gasteiger charge is 2.15. The van der Waals surface area contributed by atoms with Crippen molar-refractivity contribution in [3.05, 3.63) is 42.4 Å². The first-order valence-corrected chi connectivity index (χ1v) is 6.90. The van der Waals surface area contributed by atoms with Gasteiger partial charge >= 0.3 is 0 Å². The molecule has 1 radical (unpaired) electrons. The molecular formula is C16H17N4O. The number of nitrogens with two attached hydrogens (primary N) is 1. The summed E-state index contributed by atoms with van der Waals surface area (Å²) in [6.45, 7) is 2.83. The van der Waals surface area contributed by atoms with E-state index >= 15 is 0 Å². The zero-order chi connectivity index (χ0) is 14.8. The van der Waals surface area contributed by atoms with Crippen molar-refractivity contribution in [2.24, 2.45) is 0 Å². The van der Waals surface area contributed by atoms with Crippen molar-refractivity contribution >= 4 is 16.9 Å². The van der Waals surface area contributed by atoms with Gasteiger partial charge in [-0.3, -0.25) is 0 Å². The van der Waals surface area contributed by atoms with Crippen LogP contribution >= 0.6 is 0 Å². The van der Waals surface area contributed by atoms with Crippen LogP contribution in [-0.4, -0.2) is 26.2 Å². The lowest BCUT2D eigenvalue weighted by molar-refractivity contribution is 0.280. The molecular weight excluding hydrogens is 264 g/mol. The second kappa shape index (κ2) is 5.54. The zero-order valence-electron chi connectivity index (χ0n) is 11.9. The minimum Gasteiger partial charge on any atom is -0.396 e. The number of aliphatic hydroxyl groups is 1. The first-order chi connectivity index (χ1) is 10.2. The van der Waals surface area contributed by atoms with Gasteiger partial charge in [0, 0.05) is 18.7 Å². The Kier molecular flexibility index (Phi) is 3.58. The molecule has 107 valence electrons. The van der Waals surface area contributed by atoms with E-state index in [1.165, 1.54) is 11.9 Å². The summed E-state index contributed by atoms with van der Waals surface area (Å²) in [5, 5.41) is 9.84. The highest BCUT2D eigenvalue weighted by Crippen LogP contribution is 2.32. The summed E-state index contributed by atoms with van der Waals surface area (Å²) in [6, 6.07) is 8.20. The van der Waals surface area contributed by atoms with Gasteiger partial charge < -0.3 is 15.4 Å². The van der Waals surface area contributed by atoms with Gasteiger partial charge in [0.25, 0.3) is 0 Å². The largest absolute Gasteiger partial charge is 0.396 e. The number of hydrogen-bond donors (Lipinski definition) is 2. The number of nitrogen functional groups attached to an aromatic ring is 1. The molecule has 0 saturated heterocycles. The van der Waals surface area contributed by atoms with Gasteiger partial charge in [-0.2, -0.15) is 0 Å². The molecule has 0 bridgehead atoms. The van der Waals surface area contributed by atoms with Gasteiger partial charge in [-0.05, 0) is 18.9 Å². The molecule has 2 aromatic heterocycles. The van der Waals surface area contributed by atoms with Crippen molar-refractivity contribution in [2.45, 2.75) is 19.9 Å². The summed E-state index contributed by atoms with van der Waals surface area (Å²) in [5.74, 6) is 0.453.